The van der Waals surface area contributed by atoms with Crippen molar-refractivity contribution in [2.75, 3.05) is 5.32 Å². The van der Waals surface area contributed by atoms with E-state index in [-0.39, 0.29) is 32.6 Å². The molecular formula is C16H9Cl2FN2O2. The first-order chi connectivity index (χ1) is 10.9. The maximum atomic E-state index is 13.5. The summed E-state index contributed by atoms with van der Waals surface area (Å²) in [6, 6.07) is 9.89. The van der Waals surface area contributed by atoms with Gasteiger partial charge in [0, 0.05) is 10.6 Å². The zero-order chi connectivity index (χ0) is 17.0. The number of anilines is 1. The molecule has 0 atom stereocenters. The van der Waals surface area contributed by atoms with Crippen LogP contribution >= 0.6 is 23.2 Å². The molecule has 23 heavy (non-hydrogen) atoms. The van der Waals surface area contributed by atoms with Crippen molar-refractivity contribution in [3.05, 3.63) is 63.4 Å². The minimum Gasteiger partial charge on any atom is -0.506 e. The molecule has 2 aromatic carbocycles. The van der Waals surface area contributed by atoms with Gasteiger partial charge in [0.25, 0.3) is 5.91 Å². The molecule has 116 valence electrons. The number of hydrogen-bond donors (Lipinski definition) is 2. The summed E-state index contributed by atoms with van der Waals surface area (Å²) in [7, 11) is 0. The number of nitrogens with one attached hydrogen (secondary N) is 1. The highest BCUT2D eigenvalue weighted by molar-refractivity contribution is 6.36. The molecule has 0 saturated carbocycles. The van der Waals surface area contributed by atoms with Gasteiger partial charge in [0.1, 0.15) is 23.2 Å². The van der Waals surface area contributed by atoms with Gasteiger partial charge in [0.15, 0.2) is 0 Å². The number of carbonyl (C=O) groups excluding carboxylic acids is 1. The second-order valence-corrected chi connectivity index (χ2v) is 5.27. The third kappa shape index (κ3) is 4.01. The van der Waals surface area contributed by atoms with Gasteiger partial charge in [-0.25, -0.2) is 4.39 Å². The van der Waals surface area contributed by atoms with E-state index in [1.165, 1.54) is 36.4 Å². The third-order valence-corrected chi connectivity index (χ3v) is 3.35. The normalized spacial score (nSPS) is 11.0. The molecule has 0 spiro atoms. The Morgan fingerprint density at radius 1 is 1.30 bits per heavy atom. The summed E-state index contributed by atoms with van der Waals surface area (Å²) in [5, 5.41) is 21.4. The number of halogens is 3. The van der Waals surface area contributed by atoms with Crippen LogP contribution in [0.5, 0.6) is 5.75 Å². The summed E-state index contributed by atoms with van der Waals surface area (Å²) >= 11 is 11.6. The van der Waals surface area contributed by atoms with Gasteiger partial charge in [0.05, 0.1) is 10.7 Å². The molecule has 7 heteroatoms. The Kier molecular flexibility index (Phi) is 5.22. The summed E-state index contributed by atoms with van der Waals surface area (Å²) < 4.78 is 13.5. The summed E-state index contributed by atoms with van der Waals surface area (Å²) in [5.74, 6) is -1.78. The van der Waals surface area contributed by atoms with E-state index in [0.29, 0.717) is 0 Å². The van der Waals surface area contributed by atoms with Gasteiger partial charge in [-0.1, -0.05) is 35.3 Å². The van der Waals surface area contributed by atoms with E-state index < -0.39 is 11.7 Å². The van der Waals surface area contributed by atoms with Gasteiger partial charge in [0.2, 0.25) is 0 Å². The maximum Gasteiger partial charge on any atom is 0.266 e. The van der Waals surface area contributed by atoms with Gasteiger partial charge in [-0.3, -0.25) is 4.79 Å². The van der Waals surface area contributed by atoms with Gasteiger partial charge >= 0.3 is 0 Å². The molecule has 4 nitrogen and oxygen atoms in total. The van der Waals surface area contributed by atoms with E-state index in [4.69, 9.17) is 28.5 Å². The largest absolute Gasteiger partial charge is 0.506 e. The zero-order valence-electron chi connectivity index (χ0n) is 11.5. The molecule has 2 aromatic rings. The fraction of sp³-hybridized carbons (Fsp3) is 0. The highest BCUT2D eigenvalue weighted by Crippen LogP contribution is 2.32. The molecule has 1 amide bonds. The Morgan fingerprint density at radius 2 is 2.00 bits per heavy atom. The molecule has 0 saturated heterocycles. The van der Waals surface area contributed by atoms with E-state index in [9.17, 15) is 14.3 Å². The van der Waals surface area contributed by atoms with Crippen molar-refractivity contribution in [1.29, 1.82) is 5.26 Å². The Balaban J connectivity index is 2.35. The van der Waals surface area contributed by atoms with Gasteiger partial charge in [-0.15, -0.1) is 0 Å². The van der Waals surface area contributed by atoms with Crippen LogP contribution in [0.2, 0.25) is 10.0 Å². The van der Waals surface area contributed by atoms with E-state index in [0.717, 1.165) is 6.08 Å². The van der Waals surface area contributed by atoms with Crippen LogP contribution in [0.4, 0.5) is 10.1 Å². The molecular weight excluding hydrogens is 342 g/mol. The molecule has 0 heterocycles. The molecule has 0 bridgehead atoms. The molecule has 0 radical (unpaired) electrons. The first-order valence-corrected chi connectivity index (χ1v) is 7.03. The predicted molar refractivity (Wildman–Crippen MR) is 86.7 cm³/mol. The Morgan fingerprint density at radius 3 is 2.65 bits per heavy atom. The molecule has 0 aromatic heterocycles. The molecule has 0 fully saturated rings. The smallest absolute Gasteiger partial charge is 0.266 e. The Labute approximate surface area is 141 Å². The number of hydrogen-bond acceptors (Lipinski definition) is 3. The lowest BCUT2D eigenvalue weighted by Gasteiger charge is -2.06. The lowest BCUT2D eigenvalue weighted by Crippen LogP contribution is -2.14. The van der Waals surface area contributed by atoms with Crippen LogP contribution < -0.4 is 5.32 Å². The number of rotatable bonds is 3. The number of nitriles is 1. The minimum absolute atomic E-state index is 0.0180. The molecule has 0 aliphatic carbocycles. The lowest BCUT2D eigenvalue weighted by molar-refractivity contribution is -0.112. The second-order valence-electron chi connectivity index (χ2n) is 4.43. The van der Waals surface area contributed by atoms with E-state index >= 15 is 0 Å². The number of amides is 1. The zero-order valence-corrected chi connectivity index (χ0v) is 13.0. The van der Waals surface area contributed by atoms with Crippen molar-refractivity contribution >= 4 is 40.9 Å². The van der Waals surface area contributed by atoms with Crippen LogP contribution in [0, 0.1) is 17.1 Å². The summed E-state index contributed by atoms with van der Waals surface area (Å²) in [6.45, 7) is 0. The van der Waals surface area contributed by atoms with Gasteiger partial charge in [-0.05, 0) is 30.3 Å². The number of aromatic hydroxyl groups is 1. The minimum atomic E-state index is -0.826. The fourth-order valence-electron chi connectivity index (χ4n) is 1.75. The monoisotopic (exact) mass is 350 g/mol. The quantitative estimate of drug-likeness (QED) is 0.637. The van der Waals surface area contributed by atoms with Crippen LogP contribution in [0.3, 0.4) is 0 Å². The van der Waals surface area contributed by atoms with Crippen molar-refractivity contribution in [2.24, 2.45) is 0 Å². The molecule has 0 aliphatic heterocycles. The van der Waals surface area contributed by atoms with Crippen molar-refractivity contribution in [1.82, 2.24) is 0 Å². The average molecular weight is 351 g/mol. The Hall–Kier alpha value is -2.55. The van der Waals surface area contributed by atoms with Crippen LogP contribution in [-0.4, -0.2) is 11.0 Å². The van der Waals surface area contributed by atoms with Crippen LogP contribution in [-0.2, 0) is 4.79 Å². The fourth-order valence-corrected chi connectivity index (χ4v) is 2.26. The predicted octanol–water partition coefficient (Wildman–Crippen LogP) is 4.38. The molecule has 0 unspecified atom stereocenters. The molecule has 2 N–H and O–H groups in total. The Bertz CT molecular complexity index is 844. The summed E-state index contributed by atoms with van der Waals surface area (Å²) in [5.41, 5.74) is -0.309. The van der Waals surface area contributed by atoms with Crippen LogP contribution in [0.25, 0.3) is 6.08 Å². The SMILES string of the molecule is N#C/C(=C/c1cc(Cl)cc(Cl)c1O)C(=O)Nc1ccccc1F. The topological polar surface area (TPSA) is 73.1 Å². The number of nitrogens with zero attached hydrogens (tertiary/aromatic N) is 1. The van der Waals surface area contributed by atoms with E-state index in [1.54, 1.807) is 6.07 Å². The van der Waals surface area contributed by atoms with Crippen molar-refractivity contribution in [2.45, 2.75) is 0 Å². The van der Waals surface area contributed by atoms with Crippen molar-refractivity contribution < 1.29 is 14.3 Å². The number of carbonyl (C=O) groups is 1. The molecule has 2 rings (SSSR count). The average Bonchev–Trinajstić information content (AvgIpc) is 2.51. The van der Waals surface area contributed by atoms with Gasteiger partial charge < -0.3 is 10.4 Å². The summed E-state index contributed by atoms with van der Waals surface area (Å²) in [4.78, 5) is 12.1. The number of phenolic OH excluding ortho intramolecular Hbond substituents is 1. The highest BCUT2D eigenvalue weighted by Gasteiger charge is 2.14. The van der Waals surface area contributed by atoms with Crippen molar-refractivity contribution in [3.63, 3.8) is 0 Å². The van der Waals surface area contributed by atoms with Crippen molar-refractivity contribution in [3.8, 4) is 11.8 Å². The summed E-state index contributed by atoms with van der Waals surface area (Å²) in [6.07, 6.45) is 1.11. The van der Waals surface area contributed by atoms with E-state index in [1.807, 2.05) is 0 Å². The number of phenols is 1. The maximum absolute atomic E-state index is 13.5. The second kappa shape index (κ2) is 7.14. The van der Waals surface area contributed by atoms with Gasteiger partial charge in [-0.2, -0.15) is 5.26 Å². The first-order valence-electron chi connectivity index (χ1n) is 6.28. The number of para-hydroxylation sites is 1. The first kappa shape index (κ1) is 16.8. The van der Waals surface area contributed by atoms with Crippen LogP contribution in [0.15, 0.2) is 42.0 Å². The van der Waals surface area contributed by atoms with Crippen LogP contribution in [0.1, 0.15) is 5.56 Å². The number of benzene rings is 2. The third-order valence-electron chi connectivity index (χ3n) is 2.84. The molecule has 0 aliphatic rings. The van der Waals surface area contributed by atoms with E-state index in [2.05, 4.69) is 5.32 Å². The standard InChI is InChI=1S/C16H9Cl2FN2O2/c17-11-6-9(15(22)12(18)7-11)5-10(8-20)16(23)21-14-4-2-1-3-13(14)19/h1-7,22H,(H,21,23)/b10-5-. The lowest BCUT2D eigenvalue weighted by atomic mass is 10.1. The highest BCUT2D eigenvalue weighted by atomic mass is 35.5.